The summed E-state index contributed by atoms with van der Waals surface area (Å²) in [6, 6.07) is 5.17. The zero-order valence-electron chi connectivity index (χ0n) is 12.7. The molecule has 1 N–H and O–H groups in total. The average Bonchev–Trinajstić information content (AvgIpc) is 2.48. The fourth-order valence-electron chi connectivity index (χ4n) is 2.75. The Morgan fingerprint density at radius 2 is 2.24 bits per heavy atom. The summed E-state index contributed by atoms with van der Waals surface area (Å²) in [5.41, 5.74) is 0.962. The molecule has 0 aliphatic carbocycles. The Morgan fingerprint density at radius 3 is 2.90 bits per heavy atom. The number of phenols is 1. The van der Waals surface area contributed by atoms with E-state index in [-0.39, 0.29) is 17.8 Å². The molecule has 1 heterocycles. The van der Waals surface area contributed by atoms with Crippen molar-refractivity contribution in [2.75, 3.05) is 20.3 Å². The van der Waals surface area contributed by atoms with Crippen molar-refractivity contribution in [3.05, 3.63) is 23.8 Å². The molecule has 1 atom stereocenters. The monoisotopic (exact) mass is 293 g/mol. The lowest BCUT2D eigenvalue weighted by Gasteiger charge is -2.34. The first-order valence-corrected chi connectivity index (χ1v) is 7.42. The normalized spacial score (nSPS) is 19.2. The van der Waals surface area contributed by atoms with Gasteiger partial charge in [0.05, 0.1) is 13.7 Å². The highest BCUT2D eigenvalue weighted by Gasteiger charge is 2.29. The molecular weight excluding hydrogens is 270 g/mol. The summed E-state index contributed by atoms with van der Waals surface area (Å²) in [5.74, 6) is 0.439. The standard InChI is InChI=1S/C16H23NO4/c1-3-21-16(19)13-6-4-5-9-17(13)11-12-7-8-15(20-2)14(18)10-12/h7-8,10,13,18H,3-6,9,11H2,1-2H3/t13-/m0/s1. The van der Waals surface area contributed by atoms with Gasteiger partial charge >= 0.3 is 5.97 Å². The third-order valence-corrected chi connectivity index (χ3v) is 3.80. The van der Waals surface area contributed by atoms with Gasteiger partial charge in [0, 0.05) is 6.54 Å². The average molecular weight is 293 g/mol. The van der Waals surface area contributed by atoms with Gasteiger partial charge in [0.2, 0.25) is 0 Å². The smallest absolute Gasteiger partial charge is 0.323 e. The van der Waals surface area contributed by atoms with Gasteiger partial charge in [-0.15, -0.1) is 0 Å². The van der Waals surface area contributed by atoms with Crippen LogP contribution in [0.1, 0.15) is 31.7 Å². The Kier molecular flexibility index (Phi) is 5.44. The number of methoxy groups -OCH3 is 1. The number of ether oxygens (including phenoxy) is 2. The number of benzene rings is 1. The molecular formula is C16H23NO4. The maximum Gasteiger partial charge on any atom is 0.323 e. The maximum absolute atomic E-state index is 12.0. The van der Waals surface area contributed by atoms with E-state index in [4.69, 9.17) is 9.47 Å². The van der Waals surface area contributed by atoms with Crippen LogP contribution in [0.5, 0.6) is 11.5 Å². The van der Waals surface area contributed by atoms with Crippen molar-refractivity contribution in [2.45, 2.75) is 38.8 Å². The molecule has 5 nitrogen and oxygen atoms in total. The van der Waals surface area contributed by atoms with Gasteiger partial charge in [0.25, 0.3) is 0 Å². The number of nitrogens with zero attached hydrogens (tertiary/aromatic N) is 1. The van der Waals surface area contributed by atoms with Crippen LogP contribution in [0.4, 0.5) is 0 Å². The molecule has 1 saturated heterocycles. The number of phenolic OH excluding ortho intramolecular Hbond substituents is 1. The molecule has 0 amide bonds. The summed E-state index contributed by atoms with van der Waals surface area (Å²) in [6.07, 6.45) is 2.97. The van der Waals surface area contributed by atoms with E-state index in [9.17, 15) is 9.90 Å². The number of hydrogen-bond donors (Lipinski definition) is 1. The second-order valence-electron chi connectivity index (χ2n) is 5.24. The molecule has 0 spiro atoms. The number of likely N-dealkylation sites (tertiary alicyclic amines) is 1. The summed E-state index contributed by atoms with van der Waals surface area (Å²) in [6.45, 7) is 3.73. The van der Waals surface area contributed by atoms with Crippen LogP contribution < -0.4 is 4.74 Å². The number of piperidine rings is 1. The first kappa shape index (κ1) is 15.6. The zero-order valence-corrected chi connectivity index (χ0v) is 12.7. The fraction of sp³-hybridized carbons (Fsp3) is 0.562. The van der Waals surface area contributed by atoms with E-state index < -0.39 is 0 Å². The Hall–Kier alpha value is -1.75. The van der Waals surface area contributed by atoms with Crippen LogP contribution in [0.25, 0.3) is 0 Å². The number of aromatic hydroxyl groups is 1. The molecule has 1 aromatic carbocycles. The zero-order chi connectivity index (χ0) is 15.2. The fourth-order valence-corrected chi connectivity index (χ4v) is 2.75. The lowest BCUT2D eigenvalue weighted by Crippen LogP contribution is -2.44. The van der Waals surface area contributed by atoms with E-state index in [0.29, 0.717) is 18.9 Å². The van der Waals surface area contributed by atoms with Crippen LogP contribution in [-0.2, 0) is 16.1 Å². The molecule has 21 heavy (non-hydrogen) atoms. The Balaban J connectivity index is 2.08. The molecule has 0 aromatic heterocycles. The van der Waals surface area contributed by atoms with Gasteiger partial charge in [-0.1, -0.05) is 12.5 Å². The van der Waals surface area contributed by atoms with E-state index >= 15 is 0 Å². The highest BCUT2D eigenvalue weighted by atomic mass is 16.5. The molecule has 1 aliphatic heterocycles. The lowest BCUT2D eigenvalue weighted by atomic mass is 10.0. The number of hydrogen-bond acceptors (Lipinski definition) is 5. The topological polar surface area (TPSA) is 59.0 Å². The SMILES string of the molecule is CCOC(=O)[C@@H]1CCCCN1Cc1ccc(OC)c(O)c1. The van der Waals surface area contributed by atoms with Gasteiger partial charge in [-0.05, 0) is 44.0 Å². The summed E-state index contributed by atoms with van der Waals surface area (Å²) < 4.78 is 10.2. The minimum atomic E-state index is -0.178. The summed E-state index contributed by atoms with van der Waals surface area (Å²) in [7, 11) is 1.52. The molecule has 5 heteroatoms. The largest absolute Gasteiger partial charge is 0.504 e. The van der Waals surface area contributed by atoms with Crippen molar-refractivity contribution in [3.63, 3.8) is 0 Å². The molecule has 0 saturated carbocycles. The highest BCUT2D eigenvalue weighted by Crippen LogP contribution is 2.28. The number of carbonyl (C=O) groups excluding carboxylic acids is 1. The van der Waals surface area contributed by atoms with Gasteiger partial charge in [0.15, 0.2) is 11.5 Å². The van der Waals surface area contributed by atoms with Crippen molar-refractivity contribution in [3.8, 4) is 11.5 Å². The van der Waals surface area contributed by atoms with Crippen LogP contribution in [-0.4, -0.2) is 42.3 Å². The summed E-state index contributed by atoms with van der Waals surface area (Å²) in [5, 5.41) is 9.84. The summed E-state index contributed by atoms with van der Waals surface area (Å²) in [4.78, 5) is 14.2. The van der Waals surface area contributed by atoms with Crippen LogP contribution in [0.2, 0.25) is 0 Å². The first-order chi connectivity index (χ1) is 10.2. The predicted molar refractivity (Wildman–Crippen MR) is 79.3 cm³/mol. The predicted octanol–water partition coefficient (Wildman–Crippen LogP) is 2.32. The summed E-state index contributed by atoms with van der Waals surface area (Å²) >= 11 is 0. The van der Waals surface area contributed by atoms with E-state index in [0.717, 1.165) is 31.4 Å². The molecule has 116 valence electrons. The van der Waals surface area contributed by atoms with Gasteiger partial charge < -0.3 is 14.6 Å². The quantitative estimate of drug-likeness (QED) is 0.844. The number of rotatable bonds is 5. The Bertz CT molecular complexity index is 489. The van der Waals surface area contributed by atoms with Crippen molar-refractivity contribution >= 4 is 5.97 Å². The van der Waals surface area contributed by atoms with Gasteiger partial charge in [-0.3, -0.25) is 9.69 Å². The van der Waals surface area contributed by atoms with Crippen LogP contribution in [0.15, 0.2) is 18.2 Å². The first-order valence-electron chi connectivity index (χ1n) is 7.42. The molecule has 0 unspecified atom stereocenters. The van der Waals surface area contributed by atoms with Crippen LogP contribution >= 0.6 is 0 Å². The molecule has 0 bridgehead atoms. The second kappa shape index (κ2) is 7.31. The van der Waals surface area contributed by atoms with Crippen molar-refractivity contribution < 1.29 is 19.4 Å². The minimum absolute atomic E-state index is 0.125. The molecule has 0 radical (unpaired) electrons. The van der Waals surface area contributed by atoms with E-state index in [2.05, 4.69) is 4.90 Å². The Labute approximate surface area is 125 Å². The van der Waals surface area contributed by atoms with Gasteiger partial charge in [-0.2, -0.15) is 0 Å². The third-order valence-electron chi connectivity index (χ3n) is 3.80. The second-order valence-corrected chi connectivity index (χ2v) is 5.24. The Morgan fingerprint density at radius 1 is 1.43 bits per heavy atom. The lowest BCUT2D eigenvalue weighted by molar-refractivity contribution is -0.151. The highest BCUT2D eigenvalue weighted by molar-refractivity contribution is 5.75. The molecule has 1 fully saturated rings. The van der Waals surface area contributed by atoms with Gasteiger partial charge in [-0.25, -0.2) is 0 Å². The van der Waals surface area contributed by atoms with E-state index in [1.165, 1.54) is 7.11 Å². The third kappa shape index (κ3) is 3.88. The van der Waals surface area contributed by atoms with Crippen LogP contribution in [0.3, 0.4) is 0 Å². The van der Waals surface area contributed by atoms with E-state index in [1.807, 2.05) is 13.0 Å². The van der Waals surface area contributed by atoms with Gasteiger partial charge in [0.1, 0.15) is 6.04 Å². The van der Waals surface area contributed by atoms with Crippen LogP contribution in [0, 0.1) is 0 Å². The maximum atomic E-state index is 12.0. The molecule has 2 rings (SSSR count). The number of esters is 1. The molecule has 1 aliphatic rings. The van der Waals surface area contributed by atoms with E-state index in [1.54, 1.807) is 12.1 Å². The van der Waals surface area contributed by atoms with Crippen molar-refractivity contribution in [2.24, 2.45) is 0 Å². The van der Waals surface area contributed by atoms with Crippen molar-refractivity contribution in [1.82, 2.24) is 4.90 Å². The van der Waals surface area contributed by atoms with Crippen molar-refractivity contribution in [1.29, 1.82) is 0 Å². The number of carbonyl (C=O) groups is 1. The minimum Gasteiger partial charge on any atom is -0.504 e. The molecule has 1 aromatic rings.